The molecule has 0 N–H and O–H groups in total. The molecule has 0 aliphatic heterocycles. The maximum Gasteiger partial charge on any atom is 0.250 e. The number of nitrogens with zero attached hydrogens (tertiary/aromatic N) is 2. The third-order valence-electron chi connectivity index (χ3n) is 3.39. The van der Waals surface area contributed by atoms with Gasteiger partial charge in [0.2, 0.25) is 5.91 Å². The summed E-state index contributed by atoms with van der Waals surface area (Å²) in [6.07, 6.45) is 4.44. The van der Waals surface area contributed by atoms with E-state index in [9.17, 15) is 4.79 Å². The summed E-state index contributed by atoms with van der Waals surface area (Å²) in [6.45, 7) is 5.64. The quantitative estimate of drug-likeness (QED) is 0.757. The number of carbonyl (C=O) groups is 1. The van der Waals surface area contributed by atoms with Crippen molar-refractivity contribution in [3.05, 3.63) is 48.7 Å². The van der Waals surface area contributed by atoms with Gasteiger partial charge in [-0.05, 0) is 24.6 Å². The van der Waals surface area contributed by atoms with Gasteiger partial charge >= 0.3 is 0 Å². The zero-order valence-electron chi connectivity index (χ0n) is 12.5. The number of hydrogen-bond donors (Lipinski definition) is 0. The Bertz CT molecular complexity index is 614. The first-order valence-corrected chi connectivity index (χ1v) is 7.12. The number of likely N-dealkylation sites (N-methyl/N-ethyl adjacent to an activating group) is 1. The second-order valence-corrected chi connectivity index (χ2v) is 4.93. The number of benzene rings is 1. The lowest BCUT2D eigenvalue weighted by Gasteiger charge is -2.15. The predicted molar refractivity (Wildman–Crippen MR) is 84.2 cm³/mol. The van der Waals surface area contributed by atoms with E-state index in [0.717, 1.165) is 42.0 Å². The molecule has 2 rings (SSSR count). The smallest absolute Gasteiger partial charge is 0.250 e. The zero-order valence-corrected chi connectivity index (χ0v) is 12.5. The number of anilines is 1. The Morgan fingerprint density at radius 2 is 2.10 bits per heavy atom. The van der Waals surface area contributed by atoms with Crippen LogP contribution in [0.5, 0.6) is 0 Å². The Labute approximate surface area is 125 Å². The maximum absolute atomic E-state index is 11.6. The fourth-order valence-corrected chi connectivity index (χ4v) is 2.04. The minimum atomic E-state index is -0.133. The predicted octanol–water partition coefficient (Wildman–Crippen LogP) is 3.83. The zero-order chi connectivity index (χ0) is 15.2. The Morgan fingerprint density at radius 1 is 1.38 bits per heavy atom. The van der Waals surface area contributed by atoms with Crippen molar-refractivity contribution in [1.29, 1.82) is 0 Å². The molecule has 0 spiro atoms. The van der Waals surface area contributed by atoms with E-state index in [4.69, 9.17) is 4.52 Å². The standard InChI is InChI=1S/C17H20N2O2/c1-4-6-7-15-12-16(18-21-15)13-8-10-14(11-9-13)19(3)17(20)5-2/h5,8-12H,2,4,6-7H2,1,3H3. The molecule has 21 heavy (non-hydrogen) atoms. The van der Waals surface area contributed by atoms with Gasteiger partial charge in [0.15, 0.2) is 0 Å². The molecular formula is C17H20N2O2. The van der Waals surface area contributed by atoms with Gasteiger partial charge in [-0.25, -0.2) is 0 Å². The van der Waals surface area contributed by atoms with E-state index in [-0.39, 0.29) is 5.91 Å². The van der Waals surface area contributed by atoms with Crippen molar-refractivity contribution >= 4 is 11.6 Å². The molecule has 1 amide bonds. The molecular weight excluding hydrogens is 264 g/mol. The van der Waals surface area contributed by atoms with E-state index in [2.05, 4.69) is 18.7 Å². The normalized spacial score (nSPS) is 10.4. The number of aromatic nitrogens is 1. The van der Waals surface area contributed by atoms with Crippen LogP contribution in [-0.2, 0) is 11.2 Å². The summed E-state index contributed by atoms with van der Waals surface area (Å²) in [4.78, 5) is 13.1. The van der Waals surface area contributed by atoms with Gasteiger partial charge in [-0.1, -0.05) is 37.2 Å². The highest BCUT2D eigenvalue weighted by molar-refractivity contribution is 6.00. The Hall–Kier alpha value is -2.36. The van der Waals surface area contributed by atoms with E-state index in [1.54, 1.807) is 11.9 Å². The van der Waals surface area contributed by atoms with Crippen molar-refractivity contribution in [2.45, 2.75) is 26.2 Å². The fourth-order valence-electron chi connectivity index (χ4n) is 2.04. The third-order valence-corrected chi connectivity index (χ3v) is 3.39. The molecule has 0 unspecified atom stereocenters. The van der Waals surface area contributed by atoms with Crippen molar-refractivity contribution in [3.8, 4) is 11.3 Å². The molecule has 0 saturated heterocycles. The second-order valence-electron chi connectivity index (χ2n) is 4.93. The van der Waals surface area contributed by atoms with Gasteiger partial charge in [0.25, 0.3) is 0 Å². The molecule has 4 nitrogen and oxygen atoms in total. The van der Waals surface area contributed by atoms with Crippen molar-refractivity contribution < 1.29 is 9.32 Å². The molecule has 4 heteroatoms. The second kappa shape index (κ2) is 6.88. The van der Waals surface area contributed by atoms with Crippen molar-refractivity contribution in [3.63, 3.8) is 0 Å². The molecule has 0 aliphatic rings. The summed E-state index contributed by atoms with van der Waals surface area (Å²) in [5.41, 5.74) is 2.62. The number of rotatable bonds is 6. The van der Waals surface area contributed by atoms with Gasteiger partial charge in [0.05, 0.1) is 0 Å². The minimum Gasteiger partial charge on any atom is -0.361 e. The van der Waals surface area contributed by atoms with Crippen LogP contribution in [0.4, 0.5) is 5.69 Å². The van der Waals surface area contributed by atoms with Crippen LogP contribution in [0.3, 0.4) is 0 Å². The van der Waals surface area contributed by atoms with E-state index < -0.39 is 0 Å². The van der Waals surface area contributed by atoms with Crippen molar-refractivity contribution in [2.75, 3.05) is 11.9 Å². The van der Waals surface area contributed by atoms with Crippen LogP contribution in [0.15, 0.2) is 47.5 Å². The highest BCUT2D eigenvalue weighted by Gasteiger charge is 2.09. The Morgan fingerprint density at radius 3 is 2.71 bits per heavy atom. The highest BCUT2D eigenvalue weighted by Crippen LogP contribution is 2.23. The average molecular weight is 284 g/mol. The topological polar surface area (TPSA) is 46.3 Å². The van der Waals surface area contributed by atoms with Crippen LogP contribution in [-0.4, -0.2) is 18.1 Å². The minimum absolute atomic E-state index is 0.133. The monoisotopic (exact) mass is 284 g/mol. The molecule has 0 atom stereocenters. The summed E-state index contributed by atoms with van der Waals surface area (Å²) in [7, 11) is 1.72. The summed E-state index contributed by atoms with van der Waals surface area (Å²) in [5, 5.41) is 4.09. The molecule has 0 radical (unpaired) electrons. The van der Waals surface area contributed by atoms with Crippen LogP contribution < -0.4 is 4.90 Å². The van der Waals surface area contributed by atoms with Crippen LogP contribution >= 0.6 is 0 Å². The Balaban J connectivity index is 2.13. The molecule has 1 heterocycles. The molecule has 0 aliphatic carbocycles. The molecule has 0 fully saturated rings. The molecule has 1 aromatic heterocycles. The van der Waals surface area contributed by atoms with Crippen LogP contribution in [0, 0.1) is 0 Å². The van der Waals surface area contributed by atoms with Gasteiger partial charge in [0, 0.05) is 30.8 Å². The average Bonchev–Trinajstić information content (AvgIpc) is 3.00. The van der Waals surface area contributed by atoms with Crippen LogP contribution in [0.1, 0.15) is 25.5 Å². The van der Waals surface area contributed by atoms with Gasteiger partial charge in [-0.2, -0.15) is 0 Å². The number of amides is 1. The van der Waals surface area contributed by atoms with Crippen molar-refractivity contribution in [1.82, 2.24) is 5.16 Å². The highest BCUT2D eigenvalue weighted by atomic mass is 16.5. The third kappa shape index (κ3) is 3.60. The van der Waals surface area contributed by atoms with Crippen LogP contribution in [0.25, 0.3) is 11.3 Å². The van der Waals surface area contributed by atoms with Crippen molar-refractivity contribution in [2.24, 2.45) is 0 Å². The molecule has 1 aromatic carbocycles. The first kappa shape index (κ1) is 15.0. The molecule has 0 bridgehead atoms. The van der Waals surface area contributed by atoms with E-state index >= 15 is 0 Å². The van der Waals surface area contributed by atoms with E-state index in [0.29, 0.717) is 0 Å². The number of hydrogen-bond acceptors (Lipinski definition) is 3. The summed E-state index contributed by atoms with van der Waals surface area (Å²) >= 11 is 0. The Kier molecular flexibility index (Phi) is 4.93. The lowest BCUT2D eigenvalue weighted by molar-refractivity contribution is -0.113. The SMILES string of the molecule is C=CC(=O)N(C)c1ccc(-c2cc(CCCC)on2)cc1. The summed E-state index contributed by atoms with van der Waals surface area (Å²) in [6, 6.07) is 9.62. The van der Waals surface area contributed by atoms with Gasteiger partial charge < -0.3 is 9.42 Å². The molecule has 2 aromatic rings. The molecule has 110 valence electrons. The number of aryl methyl sites for hydroxylation is 1. The van der Waals surface area contributed by atoms with E-state index in [1.165, 1.54) is 6.08 Å². The van der Waals surface area contributed by atoms with E-state index in [1.807, 2.05) is 30.3 Å². The lowest BCUT2D eigenvalue weighted by Crippen LogP contribution is -2.23. The first-order chi connectivity index (χ1) is 10.2. The van der Waals surface area contributed by atoms with Gasteiger partial charge in [-0.3, -0.25) is 4.79 Å². The van der Waals surface area contributed by atoms with Gasteiger partial charge in [0.1, 0.15) is 11.5 Å². The largest absolute Gasteiger partial charge is 0.361 e. The lowest BCUT2D eigenvalue weighted by atomic mass is 10.1. The maximum atomic E-state index is 11.6. The number of unbranched alkanes of at least 4 members (excludes halogenated alkanes) is 1. The molecule has 0 saturated carbocycles. The summed E-state index contributed by atoms with van der Waals surface area (Å²) in [5.74, 6) is 0.779. The van der Waals surface area contributed by atoms with Gasteiger partial charge in [-0.15, -0.1) is 0 Å². The summed E-state index contributed by atoms with van der Waals surface area (Å²) < 4.78 is 5.33. The van der Waals surface area contributed by atoms with Crippen LogP contribution in [0.2, 0.25) is 0 Å². The first-order valence-electron chi connectivity index (χ1n) is 7.12. The number of carbonyl (C=O) groups excluding carboxylic acids is 1. The fraction of sp³-hybridized carbons (Fsp3) is 0.294.